The van der Waals surface area contributed by atoms with Crippen LogP contribution < -0.4 is 10.4 Å². The molecule has 9 nitrogen and oxygen atoms in total. The molecule has 9 heteroatoms. The Labute approximate surface area is 130 Å². The fourth-order valence-electron chi connectivity index (χ4n) is 2.19. The number of carbonyl (C=O) groups excluding carboxylic acids is 2. The smallest absolute Gasteiger partial charge is 0.322 e. The van der Waals surface area contributed by atoms with Crippen molar-refractivity contribution in [1.82, 2.24) is 9.78 Å². The van der Waals surface area contributed by atoms with Gasteiger partial charge in [0.2, 0.25) is 5.69 Å². The fourth-order valence-corrected chi connectivity index (χ4v) is 2.19. The summed E-state index contributed by atoms with van der Waals surface area (Å²) in [5.41, 5.74) is 0.226. The first kappa shape index (κ1) is 16.1. The highest BCUT2D eigenvalue weighted by Crippen LogP contribution is 2.24. The number of hydrogen-bond acceptors (Lipinski definition) is 6. The lowest BCUT2D eigenvalue weighted by Crippen LogP contribution is -2.23. The third-order valence-electron chi connectivity index (χ3n) is 3.31. The fraction of sp³-hybridized carbons (Fsp3) is 0.214. The van der Waals surface area contributed by atoms with Gasteiger partial charge < -0.3 is 15.2 Å². The number of amides is 1. The molecule has 1 aromatic heterocycles. The van der Waals surface area contributed by atoms with E-state index in [1.54, 1.807) is 6.92 Å². The summed E-state index contributed by atoms with van der Waals surface area (Å²) in [4.78, 5) is 33.7. The largest absolute Gasteiger partial charge is 0.545 e. The monoisotopic (exact) mass is 317 g/mol. The van der Waals surface area contributed by atoms with Crippen LogP contribution in [0.2, 0.25) is 0 Å². The molecule has 1 amide bonds. The summed E-state index contributed by atoms with van der Waals surface area (Å²) in [6.45, 7) is 3.09. The molecule has 0 unspecified atom stereocenters. The van der Waals surface area contributed by atoms with Crippen LogP contribution in [-0.2, 0) is 7.05 Å². The van der Waals surface area contributed by atoms with Crippen molar-refractivity contribution in [3.05, 3.63) is 50.8 Å². The number of nitrogens with one attached hydrogen (secondary N) is 1. The normalized spacial score (nSPS) is 10.4. The summed E-state index contributed by atoms with van der Waals surface area (Å²) >= 11 is 0. The van der Waals surface area contributed by atoms with Crippen molar-refractivity contribution in [1.29, 1.82) is 0 Å². The zero-order chi connectivity index (χ0) is 17.3. The third kappa shape index (κ3) is 3.03. The molecule has 23 heavy (non-hydrogen) atoms. The van der Waals surface area contributed by atoms with Gasteiger partial charge in [-0.15, -0.1) is 0 Å². The second-order valence-corrected chi connectivity index (χ2v) is 4.93. The summed E-state index contributed by atoms with van der Waals surface area (Å²) in [5, 5.41) is 28.4. The Kier molecular flexibility index (Phi) is 4.12. The average molecular weight is 317 g/mol. The van der Waals surface area contributed by atoms with Crippen molar-refractivity contribution < 1.29 is 19.6 Å². The van der Waals surface area contributed by atoms with Crippen molar-refractivity contribution in [3.8, 4) is 0 Å². The molecular formula is C14H13N4O5-. The van der Waals surface area contributed by atoms with Crippen molar-refractivity contribution in [2.75, 3.05) is 5.32 Å². The molecule has 1 heterocycles. The first-order valence-corrected chi connectivity index (χ1v) is 6.53. The van der Waals surface area contributed by atoms with E-state index >= 15 is 0 Å². The minimum Gasteiger partial charge on any atom is -0.545 e. The van der Waals surface area contributed by atoms with Gasteiger partial charge in [-0.25, -0.2) is 0 Å². The average Bonchev–Trinajstić information content (AvgIpc) is 2.75. The number of anilines is 1. The van der Waals surface area contributed by atoms with Gasteiger partial charge in [0, 0.05) is 12.7 Å². The minimum atomic E-state index is -1.39. The number of aryl methyl sites for hydroxylation is 3. The highest BCUT2D eigenvalue weighted by Gasteiger charge is 2.29. The second-order valence-electron chi connectivity index (χ2n) is 4.93. The van der Waals surface area contributed by atoms with Crippen LogP contribution in [0.1, 0.15) is 32.1 Å². The summed E-state index contributed by atoms with van der Waals surface area (Å²) < 4.78 is 1.11. The maximum atomic E-state index is 12.4. The maximum absolute atomic E-state index is 12.4. The van der Waals surface area contributed by atoms with E-state index in [-0.39, 0.29) is 22.6 Å². The summed E-state index contributed by atoms with van der Waals surface area (Å²) in [6, 6.07) is 4.08. The van der Waals surface area contributed by atoms with Crippen molar-refractivity contribution in [3.63, 3.8) is 0 Å². The molecule has 0 spiro atoms. The highest BCUT2D eigenvalue weighted by atomic mass is 16.6. The predicted molar refractivity (Wildman–Crippen MR) is 78.1 cm³/mol. The zero-order valence-corrected chi connectivity index (χ0v) is 12.6. The van der Waals surface area contributed by atoms with Crippen LogP contribution in [0.15, 0.2) is 18.2 Å². The molecule has 0 saturated carbocycles. The molecule has 0 atom stereocenters. The maximum Gasteiger partial charge on any atom is 0.322 e. The number of nitrogens with zero attached hydrogens (tertiary/aromatic N) is 3. The molecule has 1 aromatic carbocycles. The molecule has 2 aromatic rings. The first-order chi connectivity index (χ1) is 10.7. The summed E-state index contributed by atoms with van der Waals surface area (Å²) in [5.74, 6) is -2.14. The van der Waals surface area contributed by atoms with E-state index < -0.39 is 22.5 Å². The topological polar surface area (TPSA) is 130 Å². The van der Waals surface area contributed by atoms with Crippen LogP contribution >= 0.6 is 0 Å². The lowest BCUT2D eigenvalue weighted by atomic mass is 10.1. The Balaban J connectivity index is 2.43. The molecule has 0 aliphatic heterocycles. The predicted octanol–water partition coefficient (Wildman–Crippen LogP) is 0.561. The molecule has 0 aliphatic rings. The number of rotatable bonds is 4. The van der Waals surface area contributed by atoms with Gasteiger partial charge in [0.05, 0.1) is 10.9 Å². The molecule has 0 aliphatic carbocycles. The van der Waals surface area contributed by atoms with Crippen molar-refractivity contribution >= 4 is 23.3 Å². The van der Waals surface area contributed by atoms with E-state index in [2.05, 4.69) is 10.4 Å². The van der Waals surface area contributed by atoms with E-state index in [0.717, 1.165) is 4.68 Å². The van der Waals surface area contributed by atoms with Crippen LogP contribution in [0.5, 0.6) is 0 Å². The van der Waals surface area contributed by atoms with Gasteiger partial charge in [0.15, 0.2) is 0 Å². The number of carboxylic acid groups (broad SMARTS) is 1. The zero-order valence-electron chi connectivity index (χ0n) is 12.6. The van der Waals surface area contributed by atoms with Gasteiger partial charge in [0.1, 0.15) is 5.69 Å². The van der Waals surface area contributed by atoms with E-state index in [1.807, 2.05) is 0 Å². The second kappa shape index (κ2) is 5.87. The molecule has 0 saturated heterocycles. The van der Waals surface area contributed by atoms with Crippen LogP contribution in [0.3, 0.4) is 0 Å². The van der Waals surface area contributed by atoms with Gasteiger partial charge in [-0.2, -0.15) is 5.10 Å². The number of carboxylic acids is 1. The van der Waals surface area contributed by atoms with Gasteiger partial charge in [0.25, 0.3) is 5.91 Å². The highest BCUT2D eigenvalue weighted by molar-refractivity contribution is 6.06. The Hall–Kier alpha value is -3.23. The van der Waals surface area contributed by atoms with E-state index in [1.165, 1.54) is 32.2 Å². The van der Waals surface area contributed by atoms with Crippen LogP contribution in [-0.4, -0.2) is 26.6 Å². The van der Waals surface area contributed by atoms with Gasteiger partial charge in [-0.1, -0.05) is 12.1 Å². The Morgan fingerprint density at radius 1 is 1.30 bits per heavy atom. The minimum absolute atomic E-state index is 0.110. The molecule has 0 radical (unpaired) electrons. The van der Waals surface area contributed by atoms with E-state index in [9.17, 15) is 24.8 Å². The van der Waals surface area contributed by atoms with Crippen LogP contribution in [0, 0.1) is 24.0 Å². The SMILES string of the molecule is Cc1ccc(C(=O)[O-])cc1NC(=O)c1c([N+](=O)[O-])c(C)nn1C. The quantitative estimate of drug-likeness (QED) is 0.647. The number of carbonyl (C=O) groups is 2. The number of benzene rings is 1. The summed E-state index contributed by atoms with van der Waals surface area (Å²) in [6.07, 6.45) is 0. The lowest BCUT2D eigenvalue weighted by molar-refractivity contribution is -0.385. The van der Waals surface area contributed by atoms with E-state index in [0.29, 0.717) is 5.56 Å². The molecule has 0 bridgehead atoms. The van der Waals surface area contributed by atoms with Crippen LogP contribution in [0.4, 0.5) is 11.4 Å². The molecule has 2 rings (SSSR count). The number of nitro groups is 1. The van der Waals surface area contributed by atoms with Crippen molar-refractivity contribution in [2.45, 2.75) is 13.8 Å². The first-order valence-electron chi connectivity index (χ1n) is 6.53. The number of aromatic nitrogens is 2. The standard InChI is InChI=1S/C14H14N4O5/c1-7-4-5-9(14(20)21)6-10(7)15-13(19)12-11(18(22)23)8(2)16-17(12)3/h4-6H,1-3H3,(H,15,19)(H,20,21)/p-1. The molecular weight excluding hydrogens is 304 g/mol. The number of hydrogen-bond donors (Lipinski definition) is 1. The van der Waals surface area contributed by atoms with Gasteiger partial charge in [-0.3, -0.25) is 19.6 Å². The third-order valence-corrected chi connectivity index (χ3v) is 3.31. The van der Waals surface area contributed by atoms with E-state index in [4.69, 9.17) is 0 Å². The van der Waals surface area contributed by atoms with Gasteiger partial charge >= 0.3 is 5.69 Å². The lowest BCUT2D eigenvalue weighted by Gasteiger charge is -2.11. The Bertz CT molecular complexity index is 825. The molecule has 120 valence electrons. The Morgan fingerprint density at radius 3 is 2.52 bits per heavy atom. The summed E-state index contributed by atoms with van der Waals surface area (Å²) in [7, 11) is 1.42. The van der Waals surface area contributed by atoms with Crippen molar-refractivity contribution in [2.24, 2.45) is 7.05 Å². The Morgan fingerprint density at radius 2 is 1.96 bits per heavy atom. The van der Waals surface area contributed by atoms with Gasteiger partial charge in [-0.05, 0) is 31.0 Å². The molecule has 1 N–H and O–H groups in total. The number of aromatic carboxylic acids is 1. The van der Waals surface area contributed by atoms with Crippen LogP contribution in [0.25, 0.3) is 0 Å². The molecule has 0 fully saturated rings.